The molecule has 0 saturated heterocycles. The molecule has 0 atom stereocenters. The number of carbonyl (C=O) groups is 1. The third-order valence-electron chi connectivity index (χ3n) is 1.77. The van der Waals surface area contributed by atoms with Crippen molar-refractivity contribution in [2.45, 2.75) is 0 Å². The van der Waals surface area contributed by atoms with Crippen LogP contribution in [0.25, 0.3) is 0 Å². The van der Waals surface area contributed by atoms with E-state index in [2.05, 4.69) is 15.6 Å². The molecule has 1 amide bonds. The van der Waals surface area contributed by atoms with Gasteiger partial charge in [-0.15, -0.1) is 0 Å². The van der Waals surface area contributed by atoms with Crippen LogP contribution in [-0.4, -0.2) is 37.6 Å². The van der Waals surface area contributed by atoms with E-state index in [1.54, 1.807) is 13.1 Å². The number of nitrogens with zero attached hydrogens (tertiary/aromatic N) is 1. The molecule has 0 radical (unpaired) electrons. The van der Waals surface area contributed by atoms with Crippen molar-refractivity contribution in [3.63, 3.8) is 0 Å². The Hall–Kier alpha value is -1.04. The minimum absolute atomic E-state index is 0.0914. The van der Waals surface area contributed by atoms with Gasteiger partial charge in [-0.05, 0) is 13.1 Å². The highest BCUT2D eigenvalue weighted by Crippen LogP contribution is 2.24. The van der Waals surface area contributed by atoms with Crippen molar-refractivity contribution < 1.29 is 9.53 Å². The van der Waals surface area contributed by atoms with Crippen LogP contribution in [-0.2, 0) is 4.79 Å². The molecule has 94 valence electrons. The van der Waals surface area contributed by atoms with E-state index in [1.165, 1.54) is 6.20 Å². The molecule has 1 rings (SSSR count). The summed E-state index contributed by atoms with van der Waals surface area (Å²) in [6, 6.07) is 1.55. The van der Waals surface area contributed by atoms with Gasteiger partial charge in [0.1, 0.15) is 11.6 Å². The molecule has 2 N–H and O–H groups in total. The van der Waals surface area contributed by atoms with Gasteiger partial charge in [0, 0.05) is 6.20 Å². The zero-order chi connectivity index (χ0) is 12.7. The van der Waals surface area contributed by atoms with Crippen LogP contribution in [0.2, 0.25) is 10.0 Å². The third-order valence-corrected chi connectivity index (χ3v) is 2.25. The summed E-state index contributed by atoms with van der Waals surface area (Å²) >= 11 is 11.5. The summed E-state index contributed by atoms with van der Waals surface area (Å²) in [5.74, 6) is 0.213. The molecule has 1 heterocycles. The Morgan fingerprint density at radius 2 is 2.29 bits per heavy atom. The van der Waals surface area contributed by atoms with Crippen molar-refractivity contribution in [2.24, 2.45) is 0 Å². The number of rotatable bonds is 6. The Bertz CT molecular complexity index is 388. The zero-order valence-electron chi connectivity index (χ0n) is 9.30. The SMILES string of the molecule is CNCC(=O)NCCOc1ncc(Cl)cc1Cl. The average Bonchev–Trinajstić information content (AvgIpc) is 2.27. The normalized spacial score (nSPS) is 10.1. The highest BCUT2D eigenvalue weighted by Gasteiger charge is 2.04. The first-order chi connectivity index (χ1) is 8.13. The Morgan fingerprint density at radius 1 is 1.53 bits per heavy atom. The van der Waals surface area contributed by atoms with Crippen LogP contribution in [0.4, 0.5) is 0 Å². The van der Waals surface area contributed by atoms with Gasteiger partial charge in [-0.3, -0.25) is 4.79 Å². The van der Waals surface area contributed by atoms with Crippen molar-refractivity contribution in [2.75, 3.05) is 26.7 Å². The van der Waals surface area contributed by atoms with E-state index in [-0.39, 0.29) is 12.5 Å². The van der Waals surface area contributed by atoms with E-state index in [9.17, 15) is 4.79 Å². The number of likely N-dealkylation sites (N-methyl/N-ethyl adjacent to an activating group) is 1. The molecule has 0 aliphatic heterocycles. The molecule has 1 aromatic rings. The monoisotopic (exact) mass is 277 g/mol. The predicted molar refractivity (Wildman–Crippen MR) is 66.7 cm³/mol. The minimum atomic E-state index is -0.0914. The fourth-order valence-electron chi connectivity index (χ4n) is 1.07. The molecule has 0 unspecified atom stereocenters. The Kier molecular flexibility index (Phi) is 6.04. The molecular formula is C10H13Cl2N3O2. The maximum atomic E-state index is 11.1. The largest absolute Gasteiger partial charge is 0.475 e. The first-order valence-corrected chi connectivity index (χ1v) is 5.74. The van der Waals surface area contributed by atoms with Gasteiger partial charge < -0.3 is 15.4 Å². The highest BCUT2D eigenvalue weighted by molar-refractivity contribution is 6.35. The Balaban J connectivity index is 2.29. The van der Waals surface area contributed by atoms with Gasteiger partial charge in [-0.25, -0.2) is 4.98 Å². The second kappa shape index (κ2) is 7.32. The fourth-order valence-corrected chi connectivity index (χ4v) is 1.50. The lowest BCUT2D eigenvalue weighted by Gasteiger charge is -2.08. The molecule has 7 heteroatoms. The molecule has 0 fully saturated rings. The van der Waals surface area contributed by atoms with Crippen LogP contribution in [0.1, 0.15) is 0 Å². The quantitative estimate of drug-likeness (QED) is 0.765. The van der Waals surface area contributed by atoms with E-state index in [4.69, 9.17) is 27.9 Å². The molecule has 17 heavy (non-hydrogen) atoms. The van der Waals surface area contributed by atoms with Gasteiger partial charge in [-0.2, -0.15) is 0 Å². The first-order valence-electron chi connectivity index (χ1n) is 4.98. The minimum Gasteiger partial charge on any atom is -0.475 e. The fraction of sp³-hybridized carbons (Fsp3) is 0.400. The summed E-state index contributed by atoms with van der Waals surface area (Å²) in [6.07, 6.45) is 1.45. The van der Waals surface area contributed by atoms with E-state index < -0.39 is 0 Å². The second-order valence-electron chi connectivity index (χ2n) is 3.17. The molecule has 0 spiro atoms. The lowest BCUT2D eigenvalue weighted by Crippen LogP contribution is -2.34. The van der Waals surface area contributed by atoms with Gasteiger partial charge in [0.15, 0.2) is 0 Å². The van der Waals surface area contributed by atoms with Crippen molar-refractivity contribution in [3.05, 3.63) is 22.3 Å². The third kappa shape index (κ3) is 5.21. The maximum Gasteiger partial charge on any atom is 0.234 e. The van der Waals surface area contributed by atoms with Crippen LogP contribution in [0, 0.1) is 0 Å². The summed E-state index contributed by atoms with van der Waals surface area (Å²) in [5, 5.41) is 6.20. The van der Waals surface area contributed by atoms with E-state index in [1.807, 2.05) is 0 Å². The average molecular weight is 278 g/mol. The summed E-state index contributed by atoms with van der Waals surface area (Å²) in [4.78, 5) is 15.0. The topological polar surface area (TPSA) is 63.2 Å². The van der Waals surface area contributed by atoms with Gasteiger partial charge in [0.05, 0.1) is 18.1 Å². The molecule has 0 bridgehead atoms. The predicted octanol–water partition coefficient (Wildman–Crippen LogP) is 1.10. The molecule has 5 nitrogen and oxygen atoms in total. The number of halogens is 2. The number of hydrogen-bond donors (Lipinski definition) is 2. The summed E-state index contributed by atoms with van der Waals surface area (Å²) < 4.78 is 5.28. The summed E-state index contributed by atoms with van der Waals surface area (Å²) in [5.41, 5.74) is 0. The number of nitrogens with one attached hydrogen (secondary N) is 2. The maximum absolute atomic E-state index is 11.1. The van der Waals surface area contributed by atoms with Crippen molar-refractivity contribution in [3.8, 4) is 5.88 Å². The number of pyridine rings is 1. The Labute approximate surface area is 109 Å². The van der Waals surface area contributed by atoms with Gasteiger partial charge >= 0.3 is 0 Å². The lowest BCUT2D eigenvalue weighted by atomic mass is 10.5. The van der Waals surface area contributed by atoms with Crippen molar-refractivity contribution >= 4 is 29.1 Å². The van der Waals surface area contributed by atoms with Crippen LogP contribution in [0.5, 0.6) is 5.88 Å². The van der Waals surface area contributed by atoms with Gasteiger partial charge in [-0.1, -0.05) is 23.2 Å². The number of carbonyl (C=O) groups excluding carboxylic acids is 1. The molecule has 0 aliphatic carbocycles. The number of hydrogen-bond acceptors (Lipinski definition) is 4. The van der Waals surface area contributed by atoms with E-state index >= 15 is 0 Å². The summed E-state index contributed by atoms with van der Waals surface area (Å²) in [6.45, 7) is 0.963. The summed E-state index contributed by atoms with van der Waals surface area (Å²) in [7, 11) is 1.70. The van der Waals surface area contributed by atoms with Crippen molar-refractivity contribution in [1.82, 2.24) is 15.6 Å². The number of aromatic nitrogens is 1. The molecular weight excluding hydrogens is 265 g/mol. The molecule has 1 aromatic heterocycles. The standard InChI is InChI=1S/C10H13Cl2N3O2/c1-13-6-9(16)14-2-3-17-10-8(12)4-7(11)5-15-10/h4-5,13H,2-3,6H2,1H3,(H,14,16). The Morgan fingerprint density at radius 3 is 2.94 bits per heavy atom. The first kappa shape index (κ1) is 14.0. The molecule has 0 saturated carbocycles. The van der Waals surface area contributed by atoms with Crippen LogP contribution >= 0.6 is 23.2 Å². The smallest absolute Gasteiger partial charge is 0.234 e. The highest BCUT2D eigenvalue weighted by atomic mass is 35.5. The van der Waals surface area contributed by atoms with E-state index in [0.29, 0.717) is 29.1 Å². The van der Waals surface area contributed by atoms with Crippen LogP contribution in [0.15, 0.2) is 12.3 Å². The van der Waals surface area contributed by atoms with Crippen molar-refractivity contribution in [1.29, 1.82) is 0 Å². The number of ether oxygens (including phenoxy) is 1. The van der Waals surface area contributed by atoms with Crippen LogP contribution in [0.3, 0.4) is 0 Å². The van der Waals surface area contributed by atoms with Gasteiger partial charge in [0.2, 0.25) is 11.8 Å². The molecule has 0 aromatic carbocycles. The van der Waals surface area contributed by atoms with Crippen LogP contribution < -0.4 is 15.4 Å². The zero-order valence-corrected chi connectivity index (χ0v) is 10.8. The molecule has 0 aliphatic rings. The lowest BCUT2D eigenvalue weighted by molar-refractivity contribution is -0.120. The van der Waals surface area contributed by atoms with E-state index in [0.717, 1.165) is 0 Å². The number of amides is 1. The second-order valence-corrected chi connectivity index (χ2v) is 4.01. The van der Waals surface area contributed by atoms with Gasteiger partial charge in [0.25, 0.3) is 0 Å².